The van der Waals surface area contributed by atoms with Crippen molar-refractivity contribution in [3.63, 3.8) is 0 Å². The molecule has 1 rings (SSSR count). The van der Waals surface area contributed by atoms with E-state index < -0.39 is 0 Å². The number of carbonyl (C=O) groups excluding carboxylic acids is 1. The molecule has 0 aliphatic rings. The standard InChI is InChI=1S/C13H24N6O/c1-5-6-14-11-10(2)12(18-9-17-11)15-7-8-16-13(20)19(3)4/h9H,5-8H2,1-4H3,(H,16,20)(H2,14,15,17,18). The molecule has 0 aromatic carbocycles. The third kappa shape index (κ3) is 4.91. The predicted octanol–water partition coefficient (Wildman–Crippen LogP) is 1.29. The lowest BCUT2D eigenvalue weighted by atomic mass is 10.3. The Morgan fingerprint density at radius 2 is 1.75 bits per heavy atom. The van der Waals surface area contributed by atoms with Crippen LogP contribution >= 0.6 is 0 Å². The first kappa shape index (κ1) is 16.0. The van der Waals surface area contributed by atoms with Gasteiger partial charge in [-0.1, -0.05) is 6.92 Å². The van der Waals surface area contributed by atoms with E-state index in [4.69, 9.17) is 0 Å². The summed E-state index contributed by atoms with van der Waals surface area (Å²) in [7, 11) is 3.42. The molecule has 0 aliphatic carbocycles. The summed E-state index contributed by atoms with van der Waals surface area (Å²) in [5, 5.41) is 9.24. The van der Waals surface area contributed by atoms with E-state index in [1.807, 2.05) is 6.92 Å². The van der Waals surface area contributed by atoms with E-state index in [2.05, 4.69) is 32.8 Å². The van der Waals surface area contributed by atoms with Gasteiger partial charge in [0.15, 0.2) is 0 Å². The molecular formula is C13H24N6O. The lowest BCUT2D eigenvalue weighted by Crippen LogP contribution is -2.37. The van der Waals surface area contributed by atoms with Crippen molar-refractivity contribution in [1.82, 2.24) is 20.2 Å². The maximum absolute atomic E-state index is 11.3. The molecule has 0 saturated carbocycles. The quantitative estimate of drug-likeness (QED) is 0.656. The molecule has 0 saturated heterocycles. The fourth-order valence-electron chi connectivity index (χ4n) is 1.56. The fourth-order valence-corrected chi connectivity index (χ4v) is 1.56. The van der Waals surface area contributed by atoms with Gasteiger partial charge in [-0.3, -0.25) is 0 Å². The van der Waals surface area contributed by atoms with Crippen LogP contribution in [-0.2, 0) is 0 Å². The second-order valence-corrected chi connectivity index (χ2v) is 4.68. The van der Waals surface area contributed by atoms with Crippen molar-refractivity contribution in [2.45, 2.75) is 20.3 Å². The van der Waals surface area contributed by atoms with Crippen molar-refractivity contribution in [1.29, 1.82) is 0 Å². The highest BCUT2D eigenvalue weighted by Crippen LogP contribution is 2.17. The number of carbonyl (C=O) groups is 1. The van der Waals surface area contributed by atoms with Crippen LogP contribution in [0.5, 0.6) is 0 Å². The number of aromatic nitrogens is 2. The lowest BCUT2D eigenvalue weighted by molar-refractivity contribution is 0.218. The molecule has 7 heteroatoms. The maximum Gasteiger partial charge on any atom is 0.316 e. The summed E-state index contributed by atoms with van der Waals surface area (Å²) in [4.78, 5) is 21.3. The van der Waals surface area contributed by atoms with Crippen LogP contribution in [0.15, 0.2) is 6.33 Å². The van der Waals surface area contributed by atoms with Gasteiger partial charge in [-0.2, -0.15) is 0 Å². The Morgan fingerprint density at radius 3 is 2.30 bits per heavy atom. The Labute approximate surface area is 120 Å². The minimum atomic E-state index is -0.100. The third-order valence-corrected chi connectivity index (χ3v) is 2.73. The third-order valence-electron chi connectivity index (χ3n) is 2.73. The summed E-state index contributed by atoms with van der Waals surface area (Å²) in [6.07, 6.45) is 2.58. The van der Waals surface area contributed by atoms with Crippen molar-refractivity contribution in [2.24, 2.45) is 0 Å². The van der Waals surface area contributed by atoms with Crippen LogP contribution in [0, 0.1) is 6.92 Å². The molecule has 0 unspecified atom stereocenters. The van der Waals surface area contributed by atoms with Gasteiger partial charge in [0.25, 0.3) is 0 Å². The van der Waals surface area contributed by atoms with Gasteiger partial charge < -0.3 is 20.9 Å². The highest BCUT2D eigenvalue weighted by molar-refractivity contribution is 5.73. The molecule has 7 nitrogen and oxygen atoms in total. The van der Waals surface area contributed by atoms with E-state index in [1.165, 1.54) is 11.2 Å². The Bertz CT molecular complexity index is 435. The number of amides is 2. The molecule has 0 spiro atoms. The Hall–Kier alpha value is -2.05. The molecule has 0 aliphatic heterocycles. The Balaban J connectivity index is 2.46. The van der Waals surface area contributed by atoms with Crippen LogP contribution in [0.4, 0.5) is 16.4 Å². The molecule has 1 heterocycles. The van der Waals surface area contributed by atoms with Crippen LogP contribution in [0.2, 0.25) is 0 Å². The van der Waals surface area contributed by atoms with Crippen LogP contribution in [-0.4, -0.2) is 54.6 Å². The Kier molecular flexibility index (Phi) is 6.55. The molecular weight excluding hydrogens is 256 g/mol. The average molecular weight is 280 g/mol. The second kappa shape index (κ2) is 8.19. The van der Waals surface area contributed by atoms with E-state index in [9.17, 15) is 4.79 Å². The number of hydrogen-bond acceptors (Lipinski definition) is 5. The van der Waals surface area contributed by atoms with Gasteiger partial charge in [-0.05, 0) is 13.3 Å². The van der Waals surface area contributed by atoms with Gasteiger partial charge in [0, 0.05) is 39.3 Å². The predicted molar refractivity (Wildman–Crippen MR) is 81.1 cm³/mol. The summed E-state index contributed by atoms with van der Waals surface area (Å²) in [5.74, 6) is 1.64. The number of hydrogen-bond donors (Lipinski definition) is 3. The first-order valence-electron chi connectivity index (χ1n) is 6.80. The topological polar surface area (TPSA) is 82.2 Å². The van der Waals surface area contributed by atoms with Gasteiger partial charge in [-0.15, -0.1) is 0 Å². The number of nitrogens with one attached hydrogen (secondary N) is 3. The van der Waals surface area contributed by atoms with Crippen LogP contribution < -0.4 is 16.0 Å². The molecule has 0 atom stereocenters. The maximum atomic E-state index is 11.3. The van der Waals surface area contributed by atoms with E-state index >= 15 is 0 Å². The van der Waals surface area contributed by atoms with Crippen LogP contribution in [0.3, 0.4) is 0 Å². The number of nitrogens with zero attached hydrogens (tertiary/aromatic N) is 3. The first-order chi connectivity index (χ1) is 9.56. The fraction of sp³-hybridized carbons (Fsp3) is 0.615. The minimum Gasteiger partial charge on any atom is -0.370 e. The zero-order valence-electron chi connectivity index (χ0n) is 12.7. The summed E-state index contributed by atoms with van der Waals surface area (Å²) in [5.41, 5.74) is 0.986. The number of urea groups is 1. The van der Waals surface area contributed by atoms with E-state index in [1.54, 1.807) is 14.1 Å². The molecule has 2 amide bonds. The van der Waals surface area contributed by atoms with Gasteiger partial charge in [-0.25, -0.2) is 14.8 Å². The summed E-state index contributed by atoms with van der Waals surface area (Å²) >= 11 is 0. The van der Waals surface area contributed by atoms with E-state index in [0.717, 1.165) is 30.2 Å². The SMILES string of the molecule is CCCNc1ncnc(NCCNC(=O)N(C)C)c1C. The highest BCUT2D eigenvalue weighted by Gasteiger charge is 2.06. The van der Waals surface area contributed by atoms with Crippen molar-refractivity contribution in [2.75, 3.05) is 44.4 Å². The molecule has 0 bridgehead atoms. The molecule has 0 fully saturated rings. The number of anilines is 2. The summed E-state index contributed by atoms with van der Waals surface area (Å²) in [6, 6.07) is -0.100. The zero-order valence-corrected chi connectivity index (χ0v) is 12.7. The second-order valence-electron chi connectivity index (χ2n) is 4.68. The monoisotopic (exact) mass is 280 g/mol. The summed E-state index contributed by atoms with van der Waals surface area (Å²) < 4.78 is 0. The average Bonchev–Trinajstić information content (AvgIpc) is 2.43. The van der Waals surface area contributed by atoms with Gasteiger partial charge in [0.05, 0.1) is 0 Å². The summed E-state index contributed by atoms with van der Waals surface area (Å²) in [6.45, 7) is 6.12. The van der Waals surface area contributed by atoms with Crippen molar-refractivity contribution < 1.29 is 4.79 Å². The molecule has 20 heavy (non-hydrogen) atoms. The van der Waals surface area contributed by atoms with E-state index in [-0.39, 0.29) is 6.03 Å². The smallest absolute Gasteiger partial charge is 0.316 e. The minimum absolute atomic E-state index is 0.100. The van der Waals surface area contributed by atoms with Crippen molar-refractivity contribution >= 4 is 17.7 Å². The highest BCUT2D eigenvalue weighted by atomic mass is 16.2. The Morgan fingerprint density at radius 1 is 1.15 bits per heavy atom. The van der Waals surface area contributed by atoms with Gasteiger partial charge >= 0.3 is 6.03 Å². The van der Waals surface area contributed by atoms with Gasteiger partial charge in [0.2, 0.25) is 0 Å². The molecule has 1 aromatic rings. The van der Waals surface area contributed by atoms with Crippen molar-refractivity contribution in [3.8, 4) is 0 Å². The first-order valence-corrected chi connectivity index (χ1v) is 6.80. The van der Waals surface area contributed by atoms with Crippen LogP contribution in [0.25, 0.3) is 0 Å². The number of rotatable bonds is 7. The van der Waals surface area contributed by atoms with Crippen molar-refractivity contribution in [3.05, 3.63) is 11.9 Å². The molecule has 0 radical (unpaired) electrons. The molecule has 1 aromatic heterocycles. The van der Waals surface area contributed by atoms with E-state index in [0.29, 0.717) is 13.1 Å². The zero-order chi connectivity index (χ0) is 15.0. The normalized spacial score (nSPS) is 10.0. The lowest BCUT2D eigenvalue weighted by Gasteiger charge is -2.14. The molecule has 3 N–H and O–H groups in total. The van der Waals surface area contributed by atoms with Gasteiger partial charge in [0.1, 0.15) is 18.0 Å². The molecule has 112 valence electrons. The largest absolute Gasteiger partial charge is 0.370 e. The van der Waals surface area contributed by atoms with Crippen LogP contribution in [0.1, 0.15) is 18.9 Å².